The average Bonchev–Trinajstić information content (AvgIpc) is 3.21. The first-order chi connectivity index (χ1) is 13.1. The Hall–Kier alpha value is -1.88. The maximum absolute atomic E-state index is 12.5. The Labute approximate surface area is 166 Å². The summed E-state index contributed by atoms with van der Waals surface area (Å²) in [6, 6.07) is 17.9. The first-order valence-corrected chi connectivity index (χ1v) is 9.94. The van der Waals surface area contributed by atoms with Crippen LogP contribution in [0.4, 0.5) is 0 Å². The van der Waals surface area contributed by atoms with Crippen molar-refractivity contribution < 1.29 is 9.53 Å². The molecule has 2 atom stereocenters. The Morgan fingerprint density at radius 1 is 1.15 bits per heavy atom. The minimum Gasteiger partial charge on any atom is -0.364 e. The molecular formula is C22H27ClN2O2. The standard InChI is InChI=1S/C22H27ClN2O2/c1-17(27-16-18-8-3-2-4-9-18)22(26)24-15-21(25-12-5-6-13-25)19-10-7-11-20(23)14-19/h2-4,7-11,14,17,21H,5-6,12-13,15-16H2,1H3,(H,24,26)/t17-,21+/m0/s1. The monoisotopic (exact) mass is 386 g/mol. The van der Waals surface area contributed by atoms with Gasteiger partial charge in [0.05, 0.1) is 12.6 Å². The maximum atomic E-state index is 12.5. The van der Waals surface area contributed by atoms with Gasteiger partial charge in [-0.1, -0.05) is 54.1 Å². The van der Waals surface area contributed by atoms with Crippen LogP contribution < -0.4 is 5.32 Å². The van der Waals surface area contributed by atoms with E-state index < -0.39 is 6.10 Å². The predicted octanol–water partition coefficient (Wildman–Crippen LogP) is 4.20. The summed E-state index contributed by atoms with van der Waals surface area (Å²) in [7, 11) is 0. The number of benzene rings is 2. The van der Waals surface area contributed by atoms with E-state index in [-0.39, 0.29) is 11.9 Å². The molecule has 3 rings (SSSR count). The fraction of sp³-hybridized carbons (Fsp3) is 0.409. The van der Waals surface area contributed by atoms with Crippen molar-refractivity contribution in [3.05, 3.63) is 70.7 Å². The summed E-state index contributed by atoms with van der Waals surface area (Å²) in [6.45, 7) is 4.88. The minimum absolute atomic E-state index is 0.0860. The fourth-order valence-electron chi connectivity index (χ4n) is 3.44. The zero-order valence-corrected chi connectivity index (χ0v) is 16.5. The number of halogens is 1. The van der Waals surface area contributed by atoms with Gasteiger partial charge in [0, 0.05) is 11.6 Å². The number of nitrogens with one attached hydrogen (secondary N) is 1. The van der Waals surface area contributed by atoms with Crippen LogP contribution in [0.5, 0.6) is 0 Å². The molecule has 1 aliphatic heterocycles. The molecule has 27 heavy (non-hydrogen) atoms. The highest BCUT2D eigenvalue weighted by atomic mass is 35.5. The summed E-state index contributed by atoms with van der Waals surface area (Å²) in [5.41, 5.74) is 2.20. The van der Waals surface area contributed by atoms with E-state index in [1.54, 1.807) is 6.92 Å². The van der Waals surface area contributed by atoms with Crippen LogP contribution in [-0.4, -0.2) is 36.5 Å². The van der Waals surface area contributed by atoms with Gasteiger partial charge in [0.1, 0.15) is 6.10 Å². The summed E-state index contributed by atoms with van der Waals surface area (Å²) in [5, 5.41) is 3.79. The molecular weight excluding hydrogens is 360 g/mol. The summed E-state index contributed by atoms with van der Waals surface area (Å²) in [5.74, 6) is -0.0860. The van der Waals surface area contributed by atoms with Crippen molar-refractivity contribution in [3.63, 3.8) is 0 Å². The fourth-order valence-corrected chi connectivity index (χ4v) is 3.64. The van der Waals surface area contributed by atoms with Crippen LogP contribution >= 0.6 is 11.6 Å². The molecule has 0 radical (unpaired) electrons. The number of hydrogen-bond acceptors (Lipinski definition) is 3. The highest BCUT2D eigenvalue weighted by Gasteiger charge is 2.25. The molecule has 4 nitrogen and oxygen atoms in total. The Balaban J connectivity index is 1.56. The summed E-state index contributed by atoms with van der Waals surface area (Å²) < 4.78 is 5.73. The lowest BCUT2D eigenvalue weighted by molar-refractivity contribution is -0.132. The number of amides is 1. The number of hydrogen-bond donors (Lipinski definition) is 1. The van der Waals surface area contributed by atoms with Gasteiger partial charge in [0.25, 0.3) is 0 Å². The van der Waals surface area contributed by atoms with Gasteiger partial charge in [-0.2, -0.15) is 0 Å². The normalized spacial score (nSPS) is 16.8. The van der Waals surface area contributed by atoms with E-state index in [1.165, 1.54) is 12.8 Å². The first kappa shape index (κ1) is 19.9. The van der Waals surface area contributed by atoms with Crippen LogP contribution in [0, 0.1) is 0 Å². The highest BCUT2D eigenvalue weighted by molar-refractivity contribution is 6.30. The number of nitrogens with zero attached hydrogens (tertiary/aromatic N) is 1. The molecule has 2 aromatic carbocycles. The molecule has 0 unspecified atom stereocenters. The third-order valence-electron chi connectivity index (χ3n) is 5.00. The first-order valence-electron chi connectivity index (χ1n) is 9.56. The van der Waals surface area contributed by atoms with E-state index in [4.69, 9.17) is 16.3 Å². The maximum Gasteiger partial charge on any atom is 0.248 e. The molecule has 0 bridgehead atoms. The van der Waals surface area contributed by atoms with Crippen molar-refractivity contribution in [1.82, 2.24) is 10.2 Å². The van der Waals surface area contributed by atoms with Gasteiger partial charge in [0.2, 0.25) is 5.91 Å². The Morgan fingerprint density at radius 3 is 2.59 bits per heavy atom. The molecule has 5 heteroatoms. The number of carbonyl (C=O) groups is 1. The van der Waals surface area contributed by atoms with E-state index >= 15 is 0 Å². The molecule has 144 valence electrons. The molecule has 1 aliphatic rings. The summed E-state index contributed by atoms with van der Waals surface area (Å²) in [6.07, 6.45) is 1.90. The molecule has 0 aliphatic carbocycles. The van der Waals surface area contributed by atoms with Gasteiger partial charge < -0.3 is 10.1 Å². The van der Waals surface area contributed by atoms with Crippen LogP contribution in [0.25, 0.3) is 0 Å². The quantitative estimate of drug-likeness (QED) is 0.739. The lowest BCUT2D eigenvalue weighted by Crippen LogP contribution is -2.41. The second-order valence-corrected chi connectivity index (χ2v) is 7.43. The van der Waals surface area contributed by atoms with Crippen LogP contribution in [0.3, 0.4) is 0 Å². The van der Waals surface area contributed by atoms with Crippen LogP contribution in [0.2, 0.25) is 5.02 Å². The van der Waals surface area contributed by atoms with Crippen LogP contribution in [0.1, 0.15) is 36.9 Å². The van der Waals surface area contributed by atoms with Crippen molar-refractivity contribution in [2.45, 2.75) is 38.5 Å². The van der Waals surface area contributed by atoms with Gasteiger partial charge in [0.15, 0.2) is 0 Å². The molecule has 2 aromatic rings. The van der Waals surface area contributed by atoms with Crippen molar-refractivity contribution in [3.8, 4) is 0 Å². The van der Waals surface area contributed by atoms with Crippen LogP contribution in [-0.2, 0) is 16.1 Å². The lowest BCUT2D eigenvalue weighted by atomic mass is 10.1. The SMILES string of the molecule is C[C@H](OCc1ccccc1)C(=O)NC[C@H](c1cccc(Cl)c1)N1CCCC1. The molecule has 1 amide bonds. The average molecular weight is 387 g/mol. The minimum atomic E-state index is -0.496. The molecule has 0 spiro atoms. The summed E-state index contributed by atoms with van der Waals surface area (Å²) >= 11 is 6.18. The number of rotatable bonds is 8. The van der Waals surface area contributed by atoms with Gasteiger partial charge in [-0.05, 0) is 56.1 Å². The zero-order valence-electron chi connectivity index (χ0n) is 15.7. The van der Waals surface area contributed by atoms with E-state index in [1.807, 2.05) is 48.5 Å². The second-order valence-electron chi connectivity index (χ2n) is 7.00. The third-order valence-corrected chi connectivity index (χ3v) is 5.23. The third kappa shape index (κ3) is 5.80. The van der Waals surface area contributed by atoms with Crippen molar-refractivity contribution in [2.24, 2.45) is 0 Å². The molecule has 0 aromatic heterocycles. The zero-order chi connectivity index (χ0) is 19.1. The van der Waals surface area contributed by atoms with E-state index in [0.29, 0.717) is 13.2 Å². The Kier molecular flexibility index (Phi) is 7.27. The molecule has 1 N–H and O–H groups in total. The summed E-state index contributed by atoms with van der Waals surface area (Å²) in [4.78, 5) is 14.9. The van der Waals surface area contributed by atoms with Crippen molar-refractivity contribution in [1.29, 1.82) is 0 Å². The number of ether oxygens (including phenoxy) is 1. The van der Waals surface area contributed by atoms with Gasteiger partial charge in [-0.15, -0.1) is 0 Å². The lowest BCUT2D eigenvalue weighted by Gasteiger charge is -2.29. The van der Waals surface area contributed by atoms with Gasteiger partial charge in [-0.3, -0.25) is 9.69 Å². The van der Waals surface area contributed by atoms with Gasteiger partial charge >= 0.3 is 0 Å². The second kappa shape index (κ2) is 9.88. The molecule has 1 fully saturated rings. The van der Waals surface area contributed by atoms with Crippen molar-refractivity contribution in [2.75, 3.05) is 19.6 Å². The van der Waals surface area contributed by atoms with Gasteiger partial charge in [-0.25, -0.2) is 0 Å². The smallest absolute Gasteiger partial charge is 0.248 e. The van der Waals surface area contributed by atoms with Crippen molar-refractivity contribution >= 4 is 17.5 Å². The number of likely N-dealkylation sites (tertiary alicyclic amines) is 1. The molecule has 1 heterocycles. The molecule has 1 saturated heterocycles. The highest BCUT2D eigenvalue weighted by Crippen LogP contribution is 2.26. The Bertz CT molecular complexity index is 732. The predicted molar refractivity (Wildman–Crippen MR) is 109 cm³/mol. The molecule has 0 saturated carbocycles. The topological polar surface area (TPSA) is 41.6 Å². The largest absolute Gasteiger partial charge is 0.364 e. The van der Waals surface area contributed by atoms with Crippen LogP contribution in [0.15, 0.2) is 54.6 Å². The van der Waals surface area contributed by atoms with E-state index in [9.17, 15) is 4.79 Å². The Morgan fingerprint density at radius 2 is 1.89 bits per heavy atom. The van der Waals surface area contributed by atoms with E-state index in [0.717, 1.165) is 29.2 Å². The van der Waals surface area contributed by atoms with E-state index in [2.05, 4.69) is 16.3 Å². The number of carbonyl (C=O) groups excluding carboxylic acids is 1.